The molecule has 0 radical (unpaired) electrons. The molecule has 0 unspecified atom stereocenters. The van der Waals surface area contributed by atoms with Crippen molar-refractivity contribution >= 4 is 11.8 Å². The second kappa shape index (κ2) is 10.1. The van der Waals surface area contributed by atoms with Crippen molar-refractivity contribution < 1.29 is 9.84 Å². The number of aromatic nitrogens is 3. The first kappa shape index (κ1) is 19.5. The third-order valence-corrected chi connectivity index (χ3v) is 5.00. The number of ether oxygens (including phenoxy) is 1. The second-order valence-electron chi connectivity index (χ2n) is 6.21. The Bertz CT molecular complexity index is 819. The van der Waals surface area contributed by atoms with Crippen LogP contribution >= 0.6 is 11.8 Å². The summed E-state index contributed by atoms with van der Waals surface area (Å²) in [5.41, 5.74) is 2.37. The Morgan fingerprint density at radius 3 is 2.48 bits per heavy atom. The molecule has 0 aliphatic rings. The van der Waals surface area contributed by atoms with Gasteiger partial charge in [-0.3, -0.25) is 0 Å². The van der Waals surface area contributed by atoms with Gasteiger partial charge in [-0.05, 0) is 29.7 Å². The highest BCUT2D eigenvalue weighted by Crippen LogP contribution is 2.21. The molecule has 3 rings (SSSR count). The minimum atomic E-state index is 0.122. The van der Waals surface area contributed by atoms with Gasteiger partial charge in [-0.2, -0.15) is 0 Å². The predicted octanol–water partition coefficient (Wildman–Crippen LogP) is 3.79. The Kier molecular flexibility index (Phi) is 7.30. The number of hydrogen-bond acceptors (Lipinski definition) is 5. The molecule has 0 saturated carbocycles. The van der Waals surface area contributed by atoms with Gasteiger partial charge in [0.1, 0.15) is 11.6 Å². The molecule has 3 aromatic rings. The first-order chi connectivity index (χ1) is 13.3. The van der Waals surface area contributed by atoms with Crippen molar-refractivity contribution in [1.29, 1.82) is 0 Å². The molecule has 0 amide bonds. The summed E-state index contributed by atoms with van der Waals surface area (Å²) in [4.78, 5) is 0. The Morgan fingerprint density at radius 1 is 1.00 bits per heavy atom. The molecule has 0 spiro atoms. The van der Waals surface area contributed by atoms with Crippen LogP contribution in [0.4, 0.5) is 0 Å². The van der Waals surface area contributed by atoms with E-state index in [9.17, 15) is 0 Å². The van der Waals surface area contributed by atoms with Crippen LogP contribution < -0.4 is 4.74 Å². The zero-order chi connectivity index (χ0) is 18.9. The molecular formula is C21H25N3O2S. The molecule has 27 heavy (non-hydrogen) atoms. The number of rotatable bonds is 10. The van der Waals surface area contributed by atoms with Gasteiger partial charge < -0.3 is 14.4 Å². The standard InChI is InChI=1S/C21H25N3O2S/c1-2-13-26-19-10-8-17(9-11-19)15-20-22-23-21(27-14-12-25)24(20)16-18-6-4-3-5-7-18/h3-11,25H,2,12-16H2,1H3. The lowest BCUT2D eigenvalue weighted by Gasteiger charge is -2.11. The largest absolute Gasteiger partial charge is 0.494 e. The van der Waals surface area contributed by atoms with E-state index in [2.05, 4.69) is 46.0 Å². The lowest BCUT2D eigenvalue weighted by molar-refractivity contribution is 0.317. The lowest BCUT2D eigenvalue weighted by atomic mass is 10.1. The van der Waals surface area contributed by atoms with E-state index in [1.165, 1.54) is 22.9 Å². The molecule has 0 fully saturated rings. The van der Waals surface area contributed by atoms with E-state index in [1.54, 1.807) is 0 Å². The van der Waals surface area contributed by atoms with Crippen LogP contribution in [-0.2, 0) is 13.0 Å². The third-order valence-electron chi connectivity index (χ3n) is 4.06. The van der Waals surface area contributed by atoms with Gasteiger partial charge >= 0.3 is 0 Å². The lowest BCUT2D eigenvalue weighted by Crippen LogP contribution is -2.08. The SMILES string of the molecule is CCCOc1ccc(Cc2nnc(SCCO)n2Cc2ccccc2)cc1. The van der Waals surface area contributed by atoms with Gasteiger partial charge in [0.15, 0.2) is 5.16 Å². The smallest absolute Gasteiger partial charge is 0.191 e. The fourth-order valence-corrected chi connectivity index (χ4v) is 3.42. The molecule has 1 heterocycles. The summed E-state index contributed by atoms with van der Waals surface area (Å²) in [6, 6.07) is 18.5. The van der Waals surface area contributed by atoms with Crippen LogP contribution in [0.3, 0.4) is 0 Å². The molecule has 0 aliphatic carbocycles. The molecule has 1 N–H and O–H groups in total. The monoisotopic (exact) mass is 383 g/mol. The van der Waals surface area contributed by atoms with E-state index in [0.29, 0.717) is 18.7 Å². The first-order valence-electron chi connectivity index (χ1n) is 9.21. The summed E-state index contributed by atoms with van der Waals surface area (Å²) in [6.45, 7) is 3.67. The summed E-state index contributed by atoms with van der Waals surface area (Å²) in [5.74, 6) is 2.42. The van der Waals surface area contributed by atoms with Crippen molar-refractivity contribution in [2.24, 2.45) is 0 Å². The van der Waals surface area contributed by atoms with Gasteiger partial charge in [-0.25, -0.2) is 0 Å². The molecule has 142 valence electrons. The topological polar surface area (TPSA) is 60.2 Å². The van der Waals surface area contributed by atoms with Crippen LogP contribution in [-0.4, -0.2) is 38.8 Å². The van der Waals surface area contributed by atoms with Gasteiger partial charge in [-0.1, -0.05) is 61.2 Å². The summed E-state index contributed by atoms with van der Waals surface area (Å²) in [5, 5.41) is 18.7. The fraction of sp³-hybridized carbons (Fsp3) is 0.333. The Labute approximate surface area is 164 Å². The number of aliphatic hydroxyl groups excluding tert-OH is 1. The van der Waals surface area contributed by atoms with E-state index >= 15 is 0 Å². The van der Waals surface area contributed by atoms with Crippen LogP contribution in [0.5, 0.6) is 5.75 Å². The number of thioether (sulfide) groups is 1. The molecule has 0 atom stereocenters. The van der Waals surface area contributed by atoms with E-state index in [0.717, 1.165) is 29.8 Å². The maximum absolute atomic E-state index is 9.15. The van der Waals surface area contributed by atoms with Crippen LogP contribution in [0, 0.1) is 0 Å². The molecular weight excluding hydrogens is 358 g/mol. The Balaban J connectivity index is 1.78. The van der Waals surface area contributed by atoms with Crippen molar-refractivity contribution in [2.75, 3.05) is 19.0 Å². The molecule has 1 aromatic heterocycles. The van der Waals surface area contributed by atoms with Crippen molar-refractivity contribution in [3.63, 3.8) is 0 Å². The quantitative estimate of drug-likeness (QED) is 0.540. The van der Waals surface area contributed by atoms with Crippen molar-refractivity contribution in [3.8, 4) is 5.75 Å². The average molecular weight is 384 g/mol. The molecule has 0 saturated heterocycles. The molecule has 2 aromatic carbocycles. The van der Waals surface area contributed by atoms with E-state index < -0.39 is 0 Å². The number of nitrogens with zero attached hydrogens (tertiary/aromatic N) is 3. The summed E-state index contributed by atoms with van der Waals surface area (Å²) in [7, 11) is 0. The zero-order valence-electron chi connectivity index (χ0n) is 15.5. The number of benzene rings is 2. The van der Waals surface area contributed by atoms with Crippen LogP contribution in [0.1, 0.15) is 30.3 Å². The highest BCUT2D eigenvalue weighted by Gasteiger charge is 2.13. The minimum Gasteiger partial charge on any atom is -0.494 e. The Morgan fingerprint density at radius 2 is 1.78 bits per heavy atom. The normalized spacial score (nSPS) is 10.9. The third kappa shape index (κ3) is 5.58. The number of hydrogen-bond donors (Lipinski definition) is 1. The highest BCUT2D eigenvalue weighted by atomic mass is 32.2. The van der Waals surface area contributed by atoms with Crippen LogP contribution in [0.15, 0.2) is 59.8 Å². The molecule has 6 heteroatoms. The molecule has 5 nitrogen and oxygen atoms in total. The first-order valence-corrected chi connectivity index (χ1v) is 10.2. The van der Waals surface area contributed by atoms with Gasteiger partial charge in [0.2, 0.25) is 0 Å². The molecule has 0 bridgehead atoms. The fourth-order valence-electron chi connectivity index (χ4n) is 2.72. The second-order valence-corrected chi connectivity index (χ2v) is 7.27. The van der Waals surface area contributed by atoms with E-state index in [-0.39, 0.29) is 6.61 Å². The summed E-state index contributed by atoms with van der Waals surface area (Å²) in [6.07, 6.45) is 1.70. The van der Waals surface area contributed by atoms with Crippen molar-refractivity contribution in [2.45, 2.75) is 31.5 Å². The highest BCUT2D eigenvalue weighted by molar-refractivity contribution is 7.99. The summed E-state index contributed by atoms with van der Waals surface area (Å²) < 4.78 is 7.79. The van der Waals surface area contributed by atoms with Crippen molar-refractivity contribution in [1.82, 2.24) is 14.8 Å². The maximum atomic E-state index is 9.15. The number of aliphatic hydroxyl groups is 1. The molecule has 0 aliphatic heterocycles. The van der Waals surface area contributed by atoms with Gasteiger partial charge in [0.05, 0.1) is 19.8 Å². The zero-order valence-corrected chi connectivity index (χ0v) is 16.4. The van der Waals surface area contributed by atoms with Gasteiger partial charge in [0.25, 0.3) is 0 Å². The predicted molar refractivity (Wildman–Crippen MR) is 108 cm³/mol. The Hall–Kier alpha value is -2.31. The van der Waals surface area contributed by atoms with Crippen LogP contribution in [0.2, 0.25) is 0 Å². The average Bonchev–Trinajstić information content (AvgIpc) is 3.08. The summed E-state index contributed by atoms with van der Waals surface area (Å²) >= 11 is 1.53. The van der Waals surface area contributed by atoms with E-state index in [1.807, 2.05) is 30.3 Å². The van der Waals surface area contributed by atoms with Gasteiger partial charge in [-0.15, -0.1) is 10.2 Å². The van der Waals surface area contributed by atoms with E-state index in [4.69, 9.17) is 9.84 Å². The van der Waals surface area contributed by atoms with Gasteiger partial charge in [0, 0.05) is 12.2 Å². The van der Waals surface area contributed by atoms with Crippen molar-refractivity contribution in [3.05, 3.63) is 71.5 Å². The maximum Gasteiger partial charge on any atom is 0.191 e. The van der Waals surface area contributed by atoms with Crippen LogP contribution in [0.25, 0.3) is 0 Å². The minimum absolute atomic E-state index is 0.122.